The fraction of sp³-hybridized carbons (Fsp3) is 0.179. The molecular weight excluding hydrogens is 534 g/mol. The maximum atomic E-state index is 12.8. The van der Waals surface area contributed by atoms with Gasteiger partial charge in [-0.25, -0.2) is 0 Å². The highest BCUT2D eigenvalue weighted by molar-refractivity contribution is 9.10. The number of halogens is 1. The van der Waals surface area contributed by atoms with E-state index in [1.165, 1.54) is 0 Å². The number of carbonyl (C=O) groups is 1. The van der Waals surface area contributed by atoms with Crippen LogP contribution in [0, 0.1) is 6.92 Å². The zero-order valence-corrected chi connectivity index (χ0v) is 22.2. The number of benzene rings is 2. The van der Waals surface area contributed by atoms with Crippen LogP contribution in [0.5, 0.6) is 0 Å². The summed E-state index contributed by atoms with van der Waals surface area (Å²) in [5.41, 5.74) is 4.91. The first-order valence-electron chi connectivity index (χ1n) is 11.8. The lowest BCUT2D eigenvalue weighted by molar-refractivity contribution is -0.116. The first-order chi connectivity index (χ1) is 17.5. The molecule has 1 aliphatic rings. The molecule has 6 nitrogen and oxygen atoms in total. The second kappa shape index (κ2) is 10.6. The van der Waals surface area contributed by atoms with Crippen molar-refractivity contribution in [3.8, 4) is 5.69 Å². The first-order valence-corrected chi connectivity index (χ1v) is 13.0. The molecule has 2 unspecified atom stereocenters. The van der Waals surface area contributed by atoms with Gasteiger partial charge in [-0.15, -0.1) is 0 Å². The molecule has 0 radical (unpaired) electrons. The lowest BCUT2D eigenvalue weighted by Crippen LogP contribution is -2.33. The van der Waals surface area contributed by atoms with Crippen LogP contribution in [0.15, 0.2) is 95.7 Å². The van der Waals surface area contributed by atoms with Crippen LogP contribution in [0.2, 0.25) is 0 Å². The Morgan fingerprint density at radius 3 is 2.72 bits per heavy atom. The van der Waals surface area contributed by atoms with Gasteiger partial charge in [0, 0.05) is 46.9 Å². The SMILES string of the molecule is Cc1cccc(NC(=O)CCN2C(=S)NC(c3ccccn3)C2c2cccn2-c2cccc(Br)c2)c1. The number of amides is 1. The number of nitrogens with one attached hydrogen (secondary N) is 2. The van der Waals surface area contributed by atoms with Gasteiger partial charge in [0.2, 0.25) is 5.91 Å². The van der Waals surface area contributed by atoms with Crippen molar-refractivity contribution in [2.75, 3.05) is 11.9 Å². The number of nitrogens with zero attached hydrogens (tertiary/aromatic N) is 3. The molecule has 0 aliphatic carbocycles. The highest BCUT2D eigenvalue weighted by atomic mass is 79.9. The second-order valence-electron chi connectivity index (χ2n) is 8.77. The zero-order chi connectivity index (χ0) is 25.1. The van der Waals surface area contributed by atoms with E-state index in [9.17, 15) is 4.79 Å². The minimum atomic E-state index is -0.153. The number of thiocarbonyl (C=S) groups is 1. The van der Waals surface area contributed by atoms with Gasteiger partial charge in [-0.3, -0.25) is 9.78 Å². The third kappa shape index (κ3) is 5.20. The molecule has 0 saturated carbocycles. The second-order valence-corrected chi connectivity index (χ2v) is 10.1. The van der Waals surface area contributed by atoms with E-state index in [-0.39, 0.29) is 18.0 Å². The summed E-state index contributed by atoms with van der Waals surface area (Å²) < 4.78 is 3.17. The van der Waals surface area contributed by atoms with E-state index in [2.05, 4.69) is 65.4 Å². The molecule has 182 valence electrons. The molecule has 2 N–H and O–H groups in total. The largest absolute Gasteiger partial charge is 0.352 e. The fourth-order valence-corrected chi connectivity index (χ4v) is 5.35. The Kier molecular flexibility index (Phi) is 7.16. The Labute approximate surface area is 224 Å². The summed E-state index contributed by atoms with van der Waals surface area (Å²) in [5.74, 6) is -0.0502. The molecule has 1 aliphatic heterocycles. The molecule has 1 fully saturated rings. The summed E-state index contributed by atoms with van der Waals surface area (Å²) in [6.07, 6.45) is 4.15. The van der Waals surface area contributed by atoms with Crippen LogP contribution in [-0.2, 0) is 4.79 Å². The van der Waals surface area contributed by atoms with Crippen LogP contribution in [0.25, 0.3) is 5.69 Å². The van der Waals surface area contributed by atoms with Gasteiger partial charge in [-0.1, -0.05) is 40.2 Å². The van der Waals surface area contributed by atoms with Gasteiger partial charge < -0.3 is 20.1 Å². The summed E-state index contributed by atoms with van der Waals surface area (Å²) in [6.45, 7) is 2.48. The third-order valence-corrected chi connectivity index (χ3v) is 7.09. The van der Waals surface area contributed by atoms with Gasteiger partial charge in [0.05, 0.1) is 17.8 Å². The molecule has 8 heteroatoms. The quantitative estimate of drug-likeness (QED) is 0.274. The average Bonchev–Trinajstić information content (AvgIpc) is 3.47. The molecule has 36 heavy (non-hydrogen) atoms. The van der Waals surface area contributed by atoms with E-state index in [0.29, 0.717) is 18.1 Å². The maximum absolute atomic E-state index is 12.8. The minimum Gasteiger partial charge on any atom is -0.352 e. The molecule has 2 aromatic heterocycles. The Balaban J connectivity index is 1.44. The van der Waals surface area contributed by atoms with E-state index in [1.807, 2.05) is 67.6 Å². The van der Waals surface area contributed by atoms with Crippen LogP contribution in [0.3, 0.4) is 0 Å². The monoisotopic (exact) mass is 559 g/mol. The van der Waals surface area contributed by atoms with Gasteiger partial charge in [-0.05, 0) is 79.3 Å². The predicted octanol–water partition coefficient (Wildman–Crippen LogP) is 5.94. The van der Waals surface area contributed by atoms with Crippen molar-refractivity contribution in [3.63, 3.8) is 0 Å². The van der Waals surface area contributed by atoms with E-state index in [0.717, 1.165) is 32.8 Å². The standard InChI is InChI=1S/C28H26BrN5OS/c1-19-7-4-9-21(17-19)31-25(35)13-16-34-27(26(32-28(34)36)23-11-2-3-14-30-23)24-12-6-15-33(24)22-10-5-8-20(29)18-22/h2-12,14-15,17-18,26-27H,13,16H2,1H3,(H,31,35)(H,32,36). The minimum absolute atomic E-state index is 0.0502. The number of pyridine rings is 1. The van der Waals surface area contributed by atoms with Crippen LogP contribution >= 0.6 is 28.1 Å². The molecule has 4 aromatic rings. The lowest BCUT2D eigenvalue weighted by atomic mass is 10.0. The zero-order valence-electron chi connectivity index (χ0n) is 19.8. The van der Waals surface area contributed by atoms with Crippen LogP contribution in [0.1, 0.15) is 35.5 Å². The van der Waals surface area contributed by atoms with Crippen molar-refractivity contribution < 1.29 is 4.79 Å². The molecular formula is C28H26BrN5OS. The van der Waals surface area contributed by atoms with Crippen LogP contribution < -0.4 is 10.6 Å². The van der Waals surface area contributed by atoms with E-state index < -0.39 is 0 Å². The number of hydrogen-bond donors (Lipinski definition) is 2. The Morgan fingerprint density at radius 1 is 1.08 bits per heavy atom. The summed E-state index contributed by atoms with van der Waals surface area (Å²) in [6, 6.07) is 25.7. The normalized spacial score (nSPS) is 17.2. The Morgan fingerprint density at radius 2 is 1.94 bits per heavy atom. The summed E-state index contributed by atoms with van der Waals surface area (Å²) in [4.78, 5) is 19.6. The molecule has 0 spiro atoms. The van der Waals surface area contributed by atoms with Crippen molar-refractivity contribution in [1.29, 1.82) is 0 Å². The molecule has 3 heterocycles. The highest BCUT2D eigenvalue weighted by Crippen LogP contribution is 2.39. The van der Waals surface area contributed by atoms with Gasteiger partial charge in [0.1, 0.15) is 0 Å². The smallest absolute Gasteiger partial charge is 0.226 e. The number of anilines is 1. The van der Waals surface area contributed by atoms with Gasteiger partial charge in [-0.2, -0.15) is 0 Å². The summed E-state index contributed by atoms with van der Waals surface area (Å²) in [7, 11) is 0. The van der Waals surface area contributed by atoms with Crippen molar-refractivity contribution in [3.05, 3.63) is 113 Å². The molecule has 5 rings (SSSR count). The average molecular weight is 561 g/mol. The number of carbonyl (C=O) groups excluding carboxylic acids is 1. The molecule has 1 amide bonds. The van der Waals surface area contributed by atoms with E-state index in [4.69, 9.17) is 12.2 Å². The predicted molar refractivity (Wildman–Crippen MR) is 150 cm³/mol. The first kappa shape index (κ1) is 24.2. The van der Waals surface area contributed by atoms with Gasteiger partial charge in [0.25, 0.3) is 0 Å². The van der Waals surface area contributed by atoms with Crippen molar-refractivity contribution >= 4 is 44.9 Å². The topological polar surface area (TPSA) is 62.2 Å². The van der Waals surface area contributed by atoms with Gasteiger partial charge in [0.15, 0.2) is 5.11 Å². The number of aryl methyl sites for hydroxylation is 1. The van der Waals surface area contributed by atoms with E-state index >= 15 is 0 Å². The number of hydrogen-bond acceptors (Lipinski definition) is 3. The fourth-order valence-electron chi connectivity index (χ4n) is 4.63. The third-order valence-electron chi connectivity index (χ3n) is 6.25. The lowest BCUT2D eigenvalue weighted by Gasteiger charge is -2.29. The van der Waals surface area contributed by atoms with E-state index in [1.54, 1.807) is 6.20 Å². The number of aromatic nitrogens is 2. The summed E-state index contributed by atoms with van der Waals surface area (Å²) in [5, 5.41) is 7.09. The molecule has 2 aromatic carbocycles. The Hall–Kier alpha value is -3.49. The maximum Gasteiger partial charge on any atom is 0.226 e. The summed E-state index contributed by atoms with van der Waals surface area (Å²) >= 11 is 9.37. The van der Waals surface area contributed by atoms with Crippen molar-refractivity contribution in [1.82, 2.24) is 19.8 Å². The highest BCUT2D eigenvalue weighted by Gasteiger charge is 2.41. The number of rotatable bonds is 7. The van der Waals surface area contributed by atoms with Crippen molar-refractivity contribution in [2.24, 2.45) is 0 Å². The van der Waals surface area contributed by atoms with Crippen LogP contribution in [-0.4, -0.2) is 32.0 Å². The molecule has 1 saturated heterocycles. The van der Waals surface area contributed by atoms with Gasteiger partial charge >= 0.3 is 0 Å². The molecule has 0 bridgehead atoms. The van der Waals surface area contributed by atoms with Crippen molar-refractivity contribution in [2.45, 2.75) is 25.4 Å². The molecule has 2 atom stereocenters. The van der Waals surface area contributed by atoms with Crippen LogP contribution in [0.4, 0.5) is 5.69 Å². The Bertz CT molecular complexity index is 1390.